The Bertz CT molecular complexity index is 957. The van der Waals surface area contributed by atoms with Gasteiger partial charge in [0.1, 0.15) is 11.3 Å². The van der Waals surface area contributed by atoms with Gasteiger partial charge in [-0.05, 0) is 31.5 Å². The van der Waals surface area contributed by atoms with Gasteiger partial charge in [-0.3, -0.25) is 4.79 Å². The molecule has 0 fully saturated rings. The third kappa shape index (κ3) is 3.15. The largest absolute Gasteiger partial charge is 0.476 e. The van der Waals surface area contributed by atoms with E-state index in [9.17, 15) is 9.59 Å². The van der Waals surface area contributed by atoms with E-state index < -0.39 is 17.6 Å². The summed E-state index contributed by atoms with van der Waals surface area (Å²) < 4.78 is 10.9. The molecule has 2 N–H and O–H groups in total. The normalized spacial score (nSPS) is 12.1. The summed E-state index contributed by atoms with van der Waals surface area (Å²) in [6, 6.07) is 13.9. The molecule has 122 valence electrons. The monoisotopic (exact) mass is 323 g/mol. The lowest BCUT2D eigenvalue weighted by Gasteiger charge is -2.17. The molecule has 0 saturated heterocycles. The molecule has 2 aromatic carbocycles. The maximum absolute atomic E-state index is 11.8. The number of aryl methyl sites for hydroxylation is 2. The Morgan fingerprint density at radius 3 is 2.46 bits per heavy atom. The number of rotatable bonds is 4. The van der Waals surface area contributed by atoms with Gasteiger partial charge in [0.15, 0.2) is 0 Å². The van der Waals surface area contributed by atoms with Crippen LogP contribution in [0.1, 0.15) is 22.8 Å². The highest BCUT2D eigenvalue weighted by Gasteiger charge is 2.20. The molecular formula is C19H17NO4. The van der Waals surface area contributed by atoms with Crippen molar-refractivity contribution in [1.29, 1.82) is 0 Å². The molecule has 0 bridgehead atoms. The number of carbonyl (C=O) groups is 1. The minimum atomic E-state index is -0.917. The van der Waals surface area contributed by atoms with Crippen LogP contribution in [-0.2, 0) is 4.79 Å². The number of hydrogen-bond donors (Lipinski definition) is 1. The molecule has 1 unspecified atom stereocenters. The van der Waals surface area contributed by atoms with Crippen molar-refractivity contribution in [3.05, 3.63) is 75.6 Å². The standard InChI is InChI=1S/C19H17NO4/c1-11-3-5-13(6-4-11)18(19(20)22)23-14-7-8-15-12(2)9-17(21)24-16(15)10-14/h3-10,18H,1-2H3,(H2,20,22). The molecular weight excluding hydrogens is 306 g/mol. The van der Waals surface area contributed by atoms with E-state index in [1.807, 2.05) is 26.0 Å². The Morgan fingerprint density at radius 1 is 1.08 bits per heavy atom. The number of carbonyl (C=O) groups excluding carboxylic acids is 1. The van der Waals surface area contributed by atoms with Crippen molar-refractivity contribution in [3.63, 3.8) is 0 Å². The zero-order chi connectivity index (χ0) is 17.3. The second-order valence-electron chi connectivity index (χ2n) is 5.72. The van der Waals surface area contributed by atoms with Crippen LogP contribution in [0.2, 0.25) is 0 Å². The number of benzene rings is 2. The van der Waals surface area contributed by atoms with Crippen LogP contribution in [0, 0.1) is 13.8 Å². The number of hydrogen-bond acceptors (Lipinski definition) is 4. The van der Waals surface area contributed by atoms with Crippen LogP contribution < -0.4 is 16.1 Å². The van der Waals surface area contributed by atoms with Gasteiger partial charge in [-0.15, -0.1) is 0 Å². The quantitative estimate of drug-likeness (QED) is 0.748. The van der Waals surface area contributed by atoms with Gasteiger partial charge in [-0.2, -0.15) is 0 Å². The number of fused-ring (bicyclic) bond motifs is 1. The van der Waals surface area contributed by atoms with E-state index in [1.54, 1.807) is 30.3 Å². The Balaban J connectivity index is 1.98. The van der Waals surface area contributed by atoms with E-state index >= 15 is 0 Å². The zero-order valence-corrected chi connectivity index (χ0v) is 13.4. The average molecular weight is 323 g/mol. The van der Waals surface area contributed by atoms with Crippen molar-refractivity contribution < 1.29 is 13.9 Å². The highest BCUT2D eigenvalue weighted by molar-refractivity contribution is 5.82. The number of ether oxygens (including phenoxy) is 1. The van der Waals surface area contributed by atoms with Crippen molar-refractivity contribution in [1.82, 2.24) is 0 Å². The maximum Gasteiger partial charge on any atom is 0.336 e. The van der Waals surface area contributed by atoms with E-state index in [-0.39, 0.29) is 0 Å². The van der Waals surface area contributed by atoms with Crippen LogP contribution in [0.15, 0.2) is 57.7 Å². The molecule has 3 rings (SSSR count). The van der Waals surface area contributed by atoms with Crippen LogP contribution in [0.25, 0.3) is 11.0 Å². The second kappa shape index (κ2) is 6.20. The summed E-state index contributed by atoms with van der Waals surface area (Å²) in [5.41, 5.74) is 8.01. The molecule has 5 nitrogen and oxygen atoms in total. The predicted octanol–water partition coefficient (Wildman–Crippen LogP) is 3.02. The highest BCUT2D eigenvalue weighted by Crippen LogP contribution is 2.26. The summed E-state index contributed by atoms with van der Waals surface area (Å²) in [5.74, 6) is -0.190. The van der Waals surface area contributed by atoms with Gasteiger partial charge in [0.05, 0.1) is 0 Å². The van der Waals surface area contributed by atoms with Gasteiger partial charge in [0.2, 0.25) is 6.10 Å². The first-order valence-corrected chi connectivity index (χ1v) is 7.51. The molecule has 1 atom stereocenters. The fourth-order valence-electron chi connectivity index (χ4n) is 2.55. The van der Waals surface area contributed by atoms with Gasteiger partial charge in [-0.1, -0.05) is 29.8 Å². The third-order valence-electron chi connectivity index (χ3n) is 3.82. The molecule has 0 aliphatic heterocycles. The summed E-state index contributed by atoms with van der Waals surface area (Å²) in [4.78, 5) is 23.3. The Kier molecular flexibility index (Phi) is 4.08. The second-order valence-corrected chi connectivity index (χ2v) is 5.72. The molecule has 0 radical (unpaired) electrons. The van der Waals surface area contributed by atoms with E-state index in [2.05, 4.69) is 0 Å². The van der Waals surface area contributed by atoms with Crippen molar-refractivity contribution in [2.75, 3.05) is 0 Å². The van der Waals surface area contributed by atoms with Crippen molar-refractivity contribution in [2.45, 2.75) is 20.0 Å². The maximum atomic E-state index is 11.8. The molecule has 0 spiro atoms. The smallest absolute Gasteiger partial charge is 0.336 e. The predicted molar refractivity (Wildman–Crippen MR) is 91.0 cm³/mol. The molecule has 24 heavy (non-hydrogen) atoms. The van der Waals surface area contributed by atoms with Crippen LogP contribution in [0.4, 0.5) is 0 Å². The molecule has 0 saturated carbocycles. The van der Waals surface area contributed by atoms with Crippen LogP contribution in [-0.4, -0.2) is 5.91 Å². The Morgan fingerprint density at radius 2 is 1.79 bits per heavy atom. The first kappa shape index (κ1) is 15.8. The first-order valence-electron chi connectivity index (χ1n) is 7.51. The molecule has 1 heterocycles. The fourth-order valence-corrected chi connectivity index (χ4v) is 2.55. The summed E-state index contributed by atoms with van der Waals surface area (Å²) in [6.07, 6.45) is -0.917. The van der Waals surface area contributed by atoms with Gasteiger partial charge < -0.3 is 14.9 Å². The number of primary amides is 1. The van der Waals surface area contributed by atoms with Crippen LogP contribution in [0.5, 0.6) is 5.75 Å². The summed E-state index contributed by atoms with van der Waals surface area (Å²) in [6.45, 7) is 3.79. The van der Waals surface area contributed by atoms with Crippen LogP contribution >= 0.6 is 0 Å². The number of amides is 1. The third-order valence-corrected chi connectivity index (χ3v) is 3.82. The lowest BCUT2D eigenvalue weighted by atomic mass is 10.1. The van der Waals surface area contributed by atoms with Gasteiger partial charge >= 0.3 is 5.63 Å². The lowest BCUT2D eigenvalue weighted by Crippen LogP contribution is -2.26. The SMILES string of the molecule is Cc1ccc(C(Oc2ccc3c(C)cc(=O)oc3c2)C(N)=O)cc1. The summed E-state index contributed by atoms with van der Waals surface area (Å²) in [5, 5.41) is 0.813. The molecule has 5 heteroatoms. The highest BCUT2D eigenvalue weighted by atomic mass is 16.5. The van der Waals surface area contributed by atoms with E-state index in [4.69, 9.17) is 14.9 Å². The minimum absolute atomic E-state index is 0.403. The fraction of sp³-hybridized carbons (Fsp3) is 0.158. The topological polar surface area (TPSA) is 82.5 Å². The van der Waals surface area contributed by atoms with Gasteiger partial charge in [0.25, 0.3) is 5.91 Å². The Labute approximate surface area is 138 Å². The molecule has 0 aliphatic carbocycles. The average Bonchev–Trinajstić information content (AvgIpc) is 2.53. The Hall–Kier alpha value is -3.08. The first-order chi connectivity index (χ1) is 11.4. The van der Waals surface area contributed by atoms with E-state index in [1.165, 1.54) is 6.07 Å². The molecule has 3 aromatic rings. The van der Waals surface area contributed by atoms with Crippen molar-refractivity contribution >= 4 is 16.9 Å². The van der Waals surface area contributed by atoms with Crippen LogP contribution in [0.3, 0.4) is 0 Å². The van der Waals surface area contributed by atoms with Crippen molar-refractivity contribution in [3.8, 4) is 5.75 Å². The molecule has 1 aromatic heterocycles. The van der Waals surface area contributed by atoms with Crippen molar-refractivity contribution in [2.24, 2.45) is 5.73 Å². The summed E-state index contributed by atoms with van der Waals surface area (Å²) >= 11 is 0. The van der Waals surface area contributed by atoms with E-state index in [0.29, 0.717) is 16.9 Å². The summed E-state index contributed by atoms with van der Waals surface area (Å²) in [7, 11) is 0. The lowest BCUT2D eigenvalue weighted by molar-refractivity contribution is -0.125. The minimum Gasteiger partial charge on any atom is -0.476 e. The van der Waals surface area contributed by atoms with E-state index in [0.717, 1.165) is 16.5 Å². The molecule has 1 amide bonds. The van der Waals surface area contributed by atoms with Gasteiger partial charge in [-0.25, -0.2) is 4.79 Å². The van der Waals surface area contributed by atoms with Gasteiger partial charge in [0, 0.05) is 23.1 Å². The number of nitrogens with two attached hydrogens (primary N) is 1. The zero-order valence-electron chi connectivity index (χ0n) is 13.4. The molecule has 0 aliphatic rings.